The Kier molecular flexibility index (Phi) is 4.59. The third-order valence-corrected chi connectivity index (χ3v) is 5.11. The third-order valence-electron chi connectivity index (χ3n) is 4.12. The average molecular weight is 351 g/mol. The topological polar surface area (TPSA) is 68.0 Å². The van der Waals surface area contributed by atoms with Gasteiger partial charge in [0.25, 0.3) is 0 Å². The van der Waals surface area contributed by atoms with Crippen LogP contribution < -0.4 is 11.1 Å². The van der Waals surface area contributed by atoms with E-state index in [9.17, 15) is 4.79 Å². The summed E-state index contributed by atoms with van der Waals surface area (Å²) in [7, 11) is 0. The number of thiazole rings is 1. The minimum absolute atomic E-state index is 0.0819. The van der Waals surface area contributed by atoms with Gasteiger partial charge < -0.3 is 11.1 Å². The van der Waals surface area contributed by atoms with Crippen LogP contribution in [-0.4, -0.2) is 10.8 Å². The van der Waals surface area contributed by atoms with Crippen LogP contribution >= 0.6 is 11.3 Å². The highest BCUT2D eigenvalue weighted by Gasteiger charge is 2.19. The van der Waals surface area contributed by atoms with Crippen LogP contribution in [0.1, 0.15) is 37.5 Å². The number of carbonyl (C=O) groups is 1. The van der Waals surface area contributed by atoms with Gasteiger partial charge in [0.15, 0.2) is 5.13 Å². The Morgan fingerprint density at radius 3 is 2.40 bits per heavy atom. The van der Waals surface area contributed by atoms with Crippen LogP contribution in [0.2, 0.25) is 0 Å². The maximum Gasteiger partial charge on any atom is 0.207 e. The molecule has 0 aliphatic heterocycles. The Morgan fingerprint density at radius 2 is 1.68 bits per heavy atom. The van der Waals surface area contributed by atoms with Crippen LogP contribution in [0.25, 0.3) is 0 Å². The molecule has 0 radical (unpaired) electrons. The summed E-state index contributed by atoms with van der Waals surface area (Å²) in [5.41, 5.74) is 12.0. The van der Waals surface area contributed by atoms with Gasteiger partial charge in [-0.25, -0.2) is 4.98 Å². The zero-order valence-electron chi connectivity index (χ0n) is 14.8. The van der Waals surface area contributed by atoms with E-state index in [4.69, 9.17) is 5.73 Å². The predicted molar refractivity (Wildman–Crippen MR) is 105 cm³/mol. The number of anilines is 3. The lowest BCUT2D eigenvalue weighted by molar-refractivity contribution is 0.104. The number of benzene rings is 2. The van der Waals surface area contributed by atoms with E-state index in [-0.39, 0.29) is 11.6 Å². The fourth-order valence-electron chi connectivity index (χ4n) is 2.72. The maximum atomic E-state index is 12.8. The standard InChI is InChI=1S/C20H21N3OS/c1-11-6-8-15(14(4)9-11)17(24)18-19(21)23-20(25-18)22-16-10-12(2)5-7-13(16)3/h5-10H,21H2,1-4H3,(H,22,23). The van der Waals surface area contributed by atoms with E-state index >= 15 is 0 Å². The largest absolute Gasteiger partial charge is 0.382 e. The monoisotopic (exact) mass is 351 g/mol. The van der Waals surface area contributed by atoms with Gasteiger partial charge in [-0.3, -0.25) is 4.79 Å². The SMILES string of the molecule is Cc1ccc(C(=O)c2sc(Nc3cc(C)ccc3C)nc2N)c(C)c1. The molecule has 0 aliphatic rings. The first-order valence-corrected chi connectivity index (χ1v) is 8.89. The second-order valence-corrected chi connectivity index (χ2v) is 7.32. The molecular formula is C20H21N3OS. The molecule has 3 aromatic rings. The lowest BCUT2D eigenvalue weighted by Crippen LogP contribution is -2.04. The van der Waals surface area contributed by atoms with Crippen molar-refractivity contribution < 1.29 is 4.79 Å². The van der Waals surface area contributed by atoms with Gasteiger partial charge in [0, 0.05) is 11.3 Å². The Hall–Kier alpha value is -2.66. The van der Waals surface area contributed by atoms with Crippen LogP contribution in [0.3, 0.4) is 0 Å². The molecular weight excluding hydrogens is 330 g/mol. The van der Waals surface area contributed by atoms with E-state index in [2.05, 4.69) is 28.5 Å². The Bertz CT molecular complexity index is 960. The van der Waals surface area contributed by atoms with Crippen molar-refractivity contribution in [3.63, 3.8) is 0 Å². The molecule has 5 heteroatoms. The first-order valence-electron chi connectivity index (χ1n) is 8.07. The first kappa shape index (κ1) is 17.2. The molecule has 3 rings (SSSR count). The highest BCUT2D eigenvalue weighted by Crippen LogP contribution is 2.31. The van der Waals surface area contributed by atoms with E-state index in [0.717, 1.165) is 27.9 Å². The molecule has 2 aromatic carbocycles. The Balaban J connectivity index is 1.92. The summed E-state index contributed by atoms with van der Waals surface area (Å²) in [6.45, 7) is 8.01. The molecule has 0 unspecified atom stereocenters. The Morgan fingerprint density at radius 1 is 1.00 bits per heavy atom. The molecule has 0 atom stereocenters. The molecule has 0 fully saturated rings. The van der Waals surface area contributed by atoms with E-state index < -0.39 is 0 Å². The number of nitrogens with two attached hydrogens (primary N) is 1. The number of rotatable bonds is 4. The molecule has 0 amide bonds. The first-order chi connectivity index (χ1) is 11.8. The predicted octanol–water partition coefficient (Wildman–Crippen LogP) is 4.93. The minimum atomic E-state index is -0.0819. The highest BCUT2D eigenvalue weighted by molar-refractivity contribution is 7.18. The van der Waals surface area contributed by atoms with Crippen molar-refractivity contribution in [3.05, 3.63) is 69.1 Å². The van der Waals surface area contributed by atoms with Crippen molar-refractivity contribution in [3.8, 4) is 0 Å². The zero-order chi connectivity index (χ0) is 18.1. The summed E-state index contributed by atoms with van der Waals surface area (Å²) in [5.74, 6) is 0.185. The van der Waals surface area contributed by atoms with Gasteiger partial charge in [0.1, 0.15) is 10.7 Å². The van der Waals surface area contributed by atoms with Gasteiger partial charge in [-0.1, -0.05) is 47.2 Å². The molecule has 0 spiro atoms. The van der Waals surface area contributed by atoms with E-state index in [1.165, 1.54) is 11.3 Å². The number of hydrogen-bond donors (Lipinski definition) is 2. The molecule has 4 nitrogen and oxygen atoms in total. The van der Waals surface area contributed by atoms with Crippen molar-refractivity contribution in [2.75, 3.05) is 11.1 Å². The number of nitrogens with one attached hydrogen (secondary N) is 1. The number of aryl methyl sites for hydroxylation is 4. The van der Waals surface area contributed by atoms with Crippen molar-refractivity contribution in [2.24, 2.45) is 0 Å². The number of ketones is 1. The second-order valence-electron chi connectivity index (χ2n) is 6.32. The third kappa shape index (κ3) is 3.56. The lowest BCUT2D eigenvalue weighted by Gasteiger charge is -2.07. The van der Waals surface area contributed by atoms with Crippen molar-refractivity contribution in [1.29, 1.82) is 0 Å². The summed E-state index contributed by atoms with van der Waals surface area (Å²) < 4.78 is 0. The van der Waals surface area contributed by atoms with E-state index in [0.29, 0.717) is 15.6 Å². The van der Waals surface area contributed by atoms with Gasteiger partial charge in [0.2, 0.25) is 5.78 Å². The van der Waals surface area contributed by atoms with E-state index in [1.807, 2.05) is 45.9 Å². The molecule has 128 valence electrons. The summed E-state index contributed by atoms with van der Waals surface area (Å²) in [5, 5.41) is 3.90. The number of hydrogen-bond acceptors (Lipinski definition) is 5. The van der Waals surface area contributed by atoms with Crippen LogP contribution in [0.4, 0.5) is 16.6 Å². The molecule has 0 saturated heterocycles. The van der Waals surface area contributed by atoms with Gasteiger partial charge >= 0.3 is 0 Å². The number of carbonyl (C=O) groups excluding carboxylic acids is 1. The fourth-order valence-corrected chi connectivity index (χ4v) is 3.58. The van der Waals surface area contributed by atoms with E-state index in [1.54, 1.807) is 0 Å². The average Bonchev–Trinajstić information content (AvgIpc) is 2.91. The Labute approximate surface area is 151 Å². The maximum absolute atomic E-state index is 12.8. The number of aromatic nitrogens is 1. The van der Waals surface area contributed by atoms with Gasteiger partial charge in [-0.05, 0) is 50.5 Å². The van der Waals surface area contributed by atoms with Crippen molar-refractivity contribution >= 4 is 33.8 Å². The normalized spacial score (nSPS) is 10.7. The molecule has 0 saturated carbocycles. The molecule has 0 bridgehead atoms. The van der Waals surface area contributed by atoms with Crippen molar-refractivity contribution in [2.45, 2.75) is 27.7 Å². The lowest BCUT2D eigenvalue weighted by atomic mass is 10.0. The number of nitrogen functional groups attached to an aromatic ring is 1. The van der Waals surface area contributed by atoms with Crippen LogP contribution in [0.15, 0.2) is 36.4 Å². The number of nitrogens with zero attached hydrogens (tertiary/aromatic N) is 1. The summed E-state index contributed by atoms with van der Waals surface area (Å²) in [6.07, 6.45) is 0. The van der Waals surface area contributed by atoms with Crippen LogP contribution in [0, 0.1) is 27.7 Å². The molecule has 3 N–H and O–H groups in total. The molecule has 0 aliphatic carbocycles. The summed E-state index contributed by atoms with van der Waals surface area (Å²) in [4.78, 5) is 17.7. The highest BCUT2D eigenvalue weighted by atomic mass is 32.1. The van der Waals surface area contributed by atoms with Crippen LogP contribution in [-0.2, 0) is 0 Å². The van der Waals surface area contributed by atoms with Gasteiger partial charge in [-0.15, -0.1) is 0 Å². The second kappa shape index (κ2) is 6.69. The van der Waals surface area contributed by atoms with Crippen LogP contribution in [0.5, 0.6) is 0 Å². The summed E-state index contributed by atoms with van der Waals surface area (Å²) in [6, 6.07) is 12.0. The summed E-state index contributed by atoms with van der Waals surface area (Å²) >= 11 is 1.29. The smallest absolute Gasteiger partial charge is 0.207 e. The quantitative estimate of drug-likeness (QED) is 0.654. The van der Waals surface area contributed by atoms with Crippen molar-refractivity contribution in [1.82, 2.24) is 4.98 Å². The van der Waals surface area contributed by atoms with Gasteiger partial charge in [0.05, 0.1) is 0 Å². The molecule has 1 aromatic heterocycles. The van der Waals surface area contributed by atoms with Gasteiger partial charge in [-0.2, -0.15) is 0 Å². The fraction of sp³-hybridized carbons (Fsp3) is 0.200. The zero-order valence-corrected chi connectivity index (χ0v) is 15.6. The minimum Gasteiger partial charge on any atom is -0.382 e. The molecule has 1 heterocycles. The molecule has 25 heavy (non-hydrogen) atoms.